The van der Waals surface area contributed by atoms with E-state index in [1.165, 1.54) is 10.9 Å². The van der Waals surface area contributed by atoms with Crippen molar-refractivity contribution >= 4 is 16.8 Å². The van der Waals surface area contributed by atoms with Crippen LogP contribution >= 0.6 is 0 Å². The van der Waals surface area contributed by atoms with Gasteiger partial charge in [0.2, 0.25) is 12.7 Å². The van der Waals surface area contributed by atoms with Gasteiger partial charge in [-0.2, -0.15) is 0 Å². The third kappa shape index (κ3) is 3.52. The summed E-state index contributed by atoms with van der Waals surface area (Å²) in [6.45, 7) is 2.92. The number of ether oxygens (including phenoxy) is 2. The van der Waals surface area contributed by atoms with Crippen LogP contribution < -0.4 is 9.47 Å². The third-order valence-electron chi connectivity index (χ3n) is 6.61. The molecule has 0 radical (unpaired) electrons. The summed E-state index contributed by atoms with van der Waals surface area (Å²) in [7, 11) is 0. The predicted molar refractivity (Wildman–Crippen MR) is 125 cm³/mol. The maximum Gasteiger partial charge on any atom is 0.231 e. The average Bonchev–Trinajstić information content (AvgIpc) is 3.45. The number of benzene rings is 2. The lowest BCUT2D eigenvalue weighted by molar-refractivity contribution is -0.133. The number of aryl methyl sites for hydroxylation is 2. The summed E-state index contributed by atoms with van der Waals surface area (Å²) in [5.74, 6) is 1.64. The largest absolute Gasteiger partial charge is 0.454 e. The molecule has 0 bridgehead atoms. The van der Waals surface area contributed by atoms with E-state index >= 15 is 0 Å². The standard InChI is InChI=1S/C27H25N3O3/c1-17-5-4-8-22(28-17)27-26-20(19-6-2-3-7-21(19)29-26)13-14-30(27)25(31)12-10-18-9-11-23-24(15-18)33-16-32-23/h2-9,11,15,27,29H,10,12-14,16H2,1H3/t27-/m0/s1. The number of H-pyrrole nitrogens is 1. The van der Waals surface area contributed by atoms with Crippen molar-refractivity contribution in [3.8, 4) is 11.5 Å². The molecule has 166 valence electrons. The first-order chi connectivity index (χ1) is 16.2. The van der Waals surface area contributed by atoms with Gasteiger partial charge < -0.3 is 19.4 Å². The average molecular weight is 440 g/mol. The number of nitrogens with one attached hydrogen (secondary N) is 1. The molecule has 1 N–H and O–H groups in total. The van der Waals surface area contributed by atoms with Crippen LogP contribution in [-0.4, -0.2) is 34.1 Å². The van der Waals surface area contributed by atoms with Gasteiger partial charge in [-0.3, -0.25) is 9.78 Å². The minimum Gasteiger partial charge on any atom is -0.454 e. The fraction of sp³-hybridized carbons (Fsp3) is 0.259. The highest BCUT2D eigenvalue weighted by Crippen LogP contribution is 2.38. The summed E-state index contributed by atoms with van der Waals surface area (Å²) in [5.41, 5.74) is 6.40. The van der Waals surface area contributed by atoms with Gasteiger partial charge in [0.1, 0.15) is 6.04 Å². The molecule has 6 nitrogen and oxygen atoms in total. The number of carbonyl (C=O) groups is 1. The van der Waals surface area contributed by atoms with Crippen LogP contribution in [0.25, 0.3) is 10.9 Å². The van der Waals surface area contributed by atoms with Crippen LogP contribution in [0.2, 0.25) is 0 Å². The maximum absolute atomic E-state index is 13.5. The molecule has 6 rings (SSSR count). The Morgan fingerprint density at radius 1 is 1.09 bits per heavy atom. The molecule has 2 aliphatic rings. The molecule has 0 unspecified atom stereocenters. The second-order valence-corrected chi connectivity index (χ2v) is 8.69. The van der Waals surface area contributed by atoms with E-state index in [0.29, 0.717) is 19.4 Å². The molecule has 2 aromatic carbocycles. The zero-order chi connectivity index (χ0) is 22.4. The highest BCUT2D eigenvalue weighted by Gasteiger charge is 2.35. The lowest BCUT2D eigenvalue weighted by atomic mass is 9.94. The van der Waals surface area contributed by atoms with Crippen LogP contribution in [0.15, 0.2) is 60.7 Å². The lowest BCUT2D eigenvalue weighted by Gasteiger charge is -2.36. The first-order valence-corrected chi connectivity index (χ1v) is 11.4. The van der Waals surface area contributed by atoms with E-state index in [9.17, 15) is 4.79 Å². The van der Waals surface area contributed by atoms with Gasteiger partial charge in [0, 0.05) is 35.3 Å². The molecule has 0 saturated carbocycles. The molecule has 0 spiro atoms. The minimum atomic E-state index is -0.217. The van der Waals surface area contributed by atoms with Crippen LogP contribution in [0.4, 0.5) is 0 Å². The van der Waals surface area contributed by atoms with Gasteiger partial charge in [0.15, 0.2) is 11.5 Å². The number of nitrogens with zero attached hydrogens (tertiary/aromatic N) is 2. The Morgan fingerprint density at radius 2 is 1.97 bits per heavy atom. The van der Waals surface area contributed by atoms with Crippen LogP contribution in [0, 0.1) is 6.92 Å². The van der Waals surface area contributed by atoms with Gasteiger partial charge in [-0.25, -0.2) is 0 Å². The monoisotopic (exact) mass is 439 g/mol. The molecular formula is C27H25N3O3. The molecule has 2 aliphatic heterocycles. The van der Waals surface area contributed by atoms with Crippen molar-refractivity contribution in [1.29, 1.82) is 0 Å². The Labute approximate surface area is 192 Å². The van der Waals surface area contributed by atoms with Gasteiger partial charge in [-0.1, -0.05) is 30.3 Å². The molecule has 0 fully saturated rings. The number of aromatic nitrogens is 2. The fourth-order valence-corrected chi connectivity index (χ4v) is 5.02. The Kier molecular flexibility index (Phi) is 4.79. The van der Waals surface area contributed by atoms with Crippen LogP contribution in [0.5, 0.6) is 11.5 Å². The zero-order valence-electron chi connectivity index (χ0n) is 18.5. The van der Waals surface area contributed by atoms with E-state index in [4.69, 9.17) is 14.5 Å². The molecular weight excluding hydrogens is 414 g/mol. The summed E-state index contributed by atoms with van der Waals surface area (Å²) < 4.78 is 10.9. The lowest BCUT2D eigenvalue weighted by Crippen LogP contribution is -2.41. The van der Waals surface area contributed by atoms with Crippen molar-refractivity contribution in [2.75, 3.05) is 13.3 Å². The van der Waals surface area contributed by atoms with Crippen LogP contribution in [0.1, 0.15) is 40.7 Å². The SMILES string of the molecule is Cc1cccc([C@H]2c3[nH]c4ccccc4c3CCN2C(=O)CCc2ccc3c(c2)OCO3)n1. The Balaban J connectivity index is 1.32. The number of pyridine rings is 1. The van der Waals surface area contributed by atoms with Gasteiger partial charge in [0.25, 0.3) is 0 Å². The molecule has 2 aromatic heterocycles. The van der Waals surface area contributed by atoms with Crippen molar-refractivity contribution in [2.24, 2.45) is 0 Å². The summed E-state index contributed by atoms with van der Waals surface area (Å²) in [4.78, 5) is 23.9. The molecule has 33 heavy (non-hydrogen) atoms. The number of carbonyl (C=O) groups excluding carboxylic acids is 1. The van der Waals surface area contributed by atoms with E-state index in [1.807, 2.05) is 54.3 Å². The van der Waals surface area contributed by atoms with Crippen LogP contribution in [0.3, 0.4) is 0 Å². The number of hydrogen-bond donors (Lipinski definition) is 1. The molecule has 6 heteroatoms. The number of aromatic amines is 1. The molecule has 1 atom stereocenters. The number of rotatable bonds is 4. The summed E-state index contributed by atoms with van der Waals surface area (Å²) in [5, 5.41) is 1.23. The Hall–Kier alpha value is -3.80. The van der Waals surface area contributed by atoms with Gasteiger partial charge in [-0.15, -0.1) is 0 Å². The summed E-state index contributed by atoms with van der Waals surface area (Å²) in [6.07, 6.45) is 1.91. The van der Waals surface area contributed by atoms with Crippen molar-refractivity contribution in [2.45, 2.75) is 32.2 Å². The zero-order valence-corrected chi connectivity index (χ0v) is 18.5. The molecule has 0 saturated heterocycles. The molecule has 4 aromatic rings. The second-order valence-electron chi connectivity index (χ2n) is 8.69. The van der Waals surface area contributed by atoms with Gasteiger partial charge in [0.05, 0.1) is 5.69 Å². The molecule has 4 heterocycles. The third-order valence-corrected chi connectivity index (χ3v) is 6.61. The van der Waals surface area contributed by atoms with E-state index < -0.39 is 0 Å². The first kappa shape index (κ1) is 19.9. The highest BCUT2D eigenvalue weighted by molar-refractivity contribution is 5.86. The number of amides is 1. The fourth-order valence-electron chi connectivity index (χ4n) is 5.02. The van der Waals surface area contributed by atoms with E-state index in [-0.39, 0.29) is 18.7 Å². The quantitative estimate of drug-likeness (QED) is 0.500. The smallest absolute Gasteiger partial charge is 0.231 e. The van der Waals surface area contributed by atoms with Crippen molar-refractivity contribution in [1.82, 2.24) is 14.9 Å². The number of para-hydroxylation sites is 1. The van der Waals surface area contributed by atoms with Crippen LogP contribution in [-0.2, 0) is 17.6 Å². The number of hydrogen-bond acceptors (Lipinski definition) is 4. The van der Waals surface area contributed by atoms with Gasteiger partial charge >= 0.3 is 0 Å². The maximum atomic E-state index is 13.5. The van der Waals surface area contributed by atoms with Crippen molar-refractivity contribution < 1.29 is 14.3 Å². The summed E-state index contributed by atoms with van der Waals surface area (Å²) in [6, 6.07) is 20.1. The van der Waals surface area contributed by atoms with E-state index in [0.717, 1.165) is 46.1 Å². The minimum absolute atomic E-state index is 0.130. The Morgan fingerprint density at radius 3 is 2.88 bits per heavy atom. The number of fused-ring (bicyclic) bond motifs is 4. The Bertz CT molecular complexity index is 1360. The summed E-state index contributed by atoms with van der Waals surface area (Å²) >= 11 is 0. The van der Waals surface area contributed by atoms with Crippen molar-refractivity contribution in [3.63, 3.8) is 0 Å². The van der Waals surface area contributed by atoms with Crippen molar-refractivity contribution in [3.05, 3.63) is 88.9 Å². The molecule has 0 aliphatic carbocycles. The molecule has 1 amide bonds. The second kappa shape index (κ2) is 7.96. The van der Waals surface area contributed by atoms with E-state index in [1.54, 1.807) is 0 Å². The van der Waals surface area contributed by atoms with Gasteiger partial charge in [-0.05, 0) is 61.2 Å². The van der Waals surface area contributed by atoms with E-state index in [2.05, 4.69) is 23.2 Å². The highest BCUT2D eigenvalue weighted by atomic mass is 16.7. The first-order valence-electron chi connectivity index (χ1n) is 11.4. The predicted octanol–water partition coefficient (Wildman–Crippen LogP) is 4.71. The normalized spacial score (nSPS) is 16.8. The topological polar surface area (TPSA) is 67.5 Å².